The Kier molecular flexibility index (Phi) is 29.5. The summed E-state index contributed by atoms with van der Waals surface area (Å²) >= 11 is 6.17. The molecule has 0 bridgehead atoms. The Bertz CT molecular complexity index is 5280. The molecule has 646 valence electrons. The number of carbonyl (C=O) groups excluding carboxylic acids is 5. The van der Waals surface area contributed by atoms with E-state index in [1.54, 1.807) is 148 Å². The maximum atomic E-state index is 13.5. The summed E-state index contributed by atoms with van der Waals surface area (Å²) in [5, 5.41) is 52.5. The number of nitrogens with two attached hydrogens (primary N) is 1. The van der Waals surface area contributed by atoms with Gasteiger partial charge in [0.2, 0.25) is 0 Å². The highest BCUT2D eigenvalue weighted by Crippen LogP contribution is 2.35. The average molecular weight is 1680 g/mol. The van der Waals surface area contributed by atoms with E-state index in [0.717, 1.165) is 110 Å². The first-order valence-corrected chi connectivity index (χ1v) is 42.0. The molecule has 0 radical (unpaired) electrons. The molecule has 3 aliphatic heterocycles. The van der Waals surface area contributed by atoms with E-state index in [1.165, 1.54) is 37.3 Å². The summed E-state index contributed by atoms with van der Waals surface area (Å²) in [6.45, 7) is 14.5. The van der Waals surface area contributed by atoms with Crippen molar-refractivity contribution in [1.29, 1.82) is 0 Å². The van der Waals surface area contributed by atoms with E-state index in [2.05, 4.69) is 46.2 Å². The van der Waals surface area contributed by atoms with Gasteiger partial charge in [0.25, 0.3) is 16.7 Å². The highest BCUT2D eigenvalue weighted by Gasteiger charge is 2.33. The molecule has 2 amide bonds. The van der Waals surface area contributed by atoms with Gasteiger partial charge in [-0.2, -0.15) is 28.8 Å². The number of aliphatic hydroxyl groups excluding tert-OH is 3. The van der Waals surface area contributed by atoms with Crippen LogP contribution in [-0.4, -0.2) is 193 Å². The second-order valence-corrected chi connectivity index (χ2v) is 34.3. The summed E-state index contributed by atoms with van der Waals surface area (Å²) in [6.07, 6.45) is 23.7. The first kappa shape index (κ1) is 88.8. The van der Waals surface area contributed by atoms with Crippen molar-refractivity contribution in [1.82, 2.24) is 57.5 Å². The van der Waals surface area contributed by atoms with Crippen molar-refractivity contribution < 1.29 is 63.0 Å². The minimum absolute atomic E-state index is 0.0127. The largest absolute Gasteiger partial charge is 0.443 e. The number of nitrogens with one attached hydrogen (secondary N) is 3. The summed E-state index contributed by atoms with van der Waals surface area (Å²) in [5.41, 5.74) is 6.78. The van der Waals surface area contributed by atoms with E-state index < -0.39 is 29.5 Å². The molecule has 120 heavy (non-hydrogen) atoms. The number of hydrogen-bond acceptors (Lipinski definition) is 26. The van der Waals surface area contributed by atoms with Gasteiger partial charge in [0.05, 0.1) is 97.2 Å². The Morgan fingerprint density at radius 2 is 0.875 bits per heavy atom. The third-order valence-electron chi connectivity index (χ3n) is 22.3. The molecule has 34 nitrogen and oxygen atoms in total. The standard InChI is InChI=1S/C30H40N6O6.C25H32N6O4.C20H27ClN4O4.C10H14N2O2/c1-30(2,3)42-29(40)34(4)26-16-25(32-23-11-6-12-35(28(23)39)20-9-7-13-41-18-20)33-27-22(17-31-36(26)27)24(38)15-19-8-5-10-21(37)14-19;1-26-23-13-22(28-20-8-3-9-30(25(20)34)17-6-4-10-35-15-17)29-24-19(14-27-31(23)24)21(33)12-16-5-2-7-18(32)11-16;1-20(2,3)29-19(28)24(4)17-10-16(21)23-18-14(11-22-25(17)18)15(27)9-12-6-5-7-13(26)8-12;11-9-4-1-5-12(10(9)13)8-3-2-6-14-7-8/h6,11-12,16-17,19-21,37H,5,7-10,13-15,18H2,1-4H3,(H,32,33);3,8-9,13-14,16-18,26,32H,2,4-7,10-12,15H2,1H3,(H,28,29);10-13,26H,5-9H2,1-4H3;1,4-5,8H,2-3,6-7,11H2/t19?,20-,21-;16?,17-,18-;12?,13-;8-/m1111/s1. The molecule has 35 heteroatoms. The number of carbonyl (C=O) groups is 5. The van der Waals surface area contributed by atoms with E-state index >= 15 is 0 Å². The Morgan fingerprint density at radius 1 is 0.508 bits per heavy atom. The lowest BCUT2D eigenvalue weighted by atomic mass is 9.83. The van der Waals surface area contributed by atoms with E-state index in [9.17, 15) is 53.7 Å². The van der Waals surface area contributed by atoms with Crippen LogP contribution < -0.4 is 48.2 Å². The van der Waals surface area contributed by atoms with Crippen LogP contribution in [0.3, 0.4) is 0 Å². The molecule has 9 aromatic rings. The molecule has 12 heterocycles. The molecule has 8 N–H and O–H groups in total. The Hall–Kier alpha value is -10.5. The third kappa shape index (κ3) is 22.6. The molecule has 6 fully saturated rings. The summed E-state index contributed by atoms with van der Waals surface area (Å²) < 4.78 is 36.9. The second kappa shape index (κ2) is 39.8. The molecule has 9 atom stereocenters. The van der Waals surface area contributed by atoms with Crippen molar-refractivity contribution >= 4 is 104 Å². The molecule has 3 unspecified atom stereocenters. The van der Waals surface area contributed by atoms with Crippen molar-refractivity contribution in [2.24, 2.45) is 17.8 Å². The number of ketones is 3. The maximum Gasteiger partial charge on any atom is 0.415 e. The number of nitrogens with zero attached hydrogens (tertiary/aromatic N) is 14. The van der Waals surface area contributed by atoms with Gasteiger partial charge in [-0.15, -0.1) is 0 Å². The van der Waals surface area contributed by atoms with Crippen molar-refractivity contribution in [2.45, 2.75) is 224 Å². The number of ether oxygens (including phenoxy) is 5. The van der Waals surface area contributed by atoms with Gasteiger partial charge in [-0.1, -0.05) is 30.9 Å². The highest BCUT2D eigenvalue weighted by atomic mass is 35.5. The molecule has 15 rings (SSSR count). The van der Waals surface area contributed by atoms with Crippen LogP contribution in [-0.2, 0) is 23.7 Å². The van der Waals surface area contributed by atoms with Gasteiger partial charge in [0.15, 0.2) is 34.3 Å². The predicted molar refractivity (Wildman–Crippen MR) is 454 cm³/mol. The van der Waals surface area contributed by atoms with Crippen LogP contribution in [0.4, 0.5) is 55.7 Å². The lowest BCUT2D eigenvalue weighted by Gasteiger charge is -2.25. The fraction of sp³-hybridized carbons (Fsp3) is 0.553. The van der Waals surface area contributed by atoms with Crippen molar-refractivity contribution in [3.8, 4) is 0 Å². The third-order valence-corrected chi connectivity index (χ3v) is 22.5. The van der Waals surface area contributed by atoms with E-state index in [4.69, 9.17) is 41.0 Å². The quantitative estimate of drug-likeness (QED) is 0.0292. The van der Waals surface area contributed by atoms with Gasteiger partial charge in [0.1, 0.15) is 56.8 Å². The van der Waals surface area contributed by atoms with Crippen LogP contribution >= 0.6 is 11.6 Å². The number of amides is 2. The number of pyridine rings is 3. The molecule has 3 saturated heterocycles. The predicted octanol–water partition coefficient (Wildman–Crippen LogP) is 12.3. The zero-order chi connectivity index (χ0) is 85.7. The molecule has 9 aromatic heterocycles. The summed E-state index contributed by atoms with van der Waals surface area (Å²) in [6, 6.07) is 15.4. The van der Waals surface area contributed by atoms with Crippen LogP contribution in [0.2, 0.25) is 5.15 Å². The van der Waals surface area contributed by atoms with E-state index in [0.29, 0.717) is 127 Å². The van der Waals surface area contributed by atoms with Crippen LogP contribution in [0.25, 0.3) is 16.9 Å². The number of aliphatic hydroxyl groups is 3. The fourth-order valence-corrected chi connectivity index (χ4v) is 16.4. The SMILES string of the molecule is CN(C(=O)OC(C)(C)C)c1cc(Cl)nc2c(C(=O)CC3CCC[C@@H](O)C3)cnn12.CN(C(=O)OC(C)(C)C)c1cc(Nc2cccn([C@@H]3CCCOC3)c2=O)nc2c(C(=O)CC3CCC[C@@H](O)C3)cnn12.CNc1cc(Nc2cccn([C@@H]3CCCOC3)c2=O)nc2c(C(=O)CC3CCC[C@@H](O)C3)cnn12.Nc1cccn([C@@H]2CCCOC2)c1=O. The molecule has 0 spiro atoms. The number of anilines is 8. The number of fused-ring (bicyclic) bond motifs is 3. The topological polar surface area (TPSA) is 417 Å². The number of aromatic nitrogens is 12. The summed E-state index contributed by atoms with van der Waals surface area (Å²) in [5.74, 6) is 2.12. The molecule has 3 aliphatic carbocycles. The van der Waals surface area contributed by atoms with Gasteiger partial charge < -0.3 is 74.4 Å². The monoisotopic (exact) mass is 1680 g/mol. The first-order valence-electron chi connectivity index (χ1n) is 41.6. The number of halogens is 1. The Labute approximate surface area is 700 Å². The number of Topliss-reactive ketones (excluding diaryl/α,β-unsaturated/α-hetero) is 3. The zero-order valence-electron chi connectivity index (χ0n) is 69.8. The molecule has 0 aromatic carbocycles. The van der Waals surface area contributed by atoms with Gasteiger partial charge >= 0.3 is 12.2 Å². The molecular weight excluding hydrogens is 1560 g/mol. The van der Waals surface area contributed by atoms with Gasteiger partial charge in [0, 0.05) is 97.0 Å². The number of rotatable bonds is 19. The lowest BCUT2D eigenvalue weighted by Crippen LogP contribution is -2.35. The second-order valence-electron chi connectivity index (χ2n) is 33.9. The van der Waals surface area contributed by atoms with Crippen LogP contribution in [0.1, 0.15) is 226 Å². The molecule has 3 saturated carbocycles. The Balaban J connectivity index is 0.000000154. The van der Waals surface area contributed by atoms with Crippen LogP contribution in [0.15, 0.2) is 106 Å². The van der Waals surface area contributed by atoms with E-state index in [-0.39, 0.29) is 105 Å². The van der Waals surface area contributed by atoms with Crippen molar-refractivity contribution in [3.63, 3.8) is 0 Å². The minimum Gasteiger partial charge on any atom is -0.443 e. The molecule has 6 aliphatic rings. The maximum absolute atomic E-state index is 13.5. The zero-order valence-corrected chi connectivity index (χ0v) is 70.6. The van der Waals surface area contributed by atoms with Crippen molar-refractivity contribution in [3.05, 3.63) is 145 Å². The van der Waals surface area contributed by atoms with Gasteiger partial charge in [-0.05, 0) is 192 Å². The normalized spacial score (nSPS) is 21.5. The average Bonchev–Trinajstić information content (AvgIpc) is 1.64. The number of hydrogen-bond donors (Lipinski definition) is 7. The summed E-state index contributed by atoms with van der Waals surface area (Å²) in [7, 11) is 4.87. The lowest BCUT2D eigenvalue weighted by molar-refractivity contribution is 0.0577. The minimum atomic E-state index is -0.730. The Morgan fingerprint density at radius 3 is 1.26 bits per heavy atom. The van der Waals surface area contributed by atoms with E-state index in [1.807, 2.05) is 6.07 Å². The van der Waals surface area contributed by atoms with Crippen LogP contribution in [0.5, 0.6) is 0 Å². The molecular formula is C85H113ClN18O16. The smallest absolute Gasteiger partial charge is 0.415 e. The summed E-state index contributed by atoms with van der Waals surface area (Å²) in [4.78, 5) is 119. The van der Waals surface area contributed by atoms with Crippen molar-refractivity contribution in [2.75, 3.05) is 92.3 Å². The fourth-order valence-electron chi connectivity index (χ4n) is 16.2. The van der Waals surface area contributed by atoms with Gasteiger partial charge in [-0.3, -0.25) is 38.6 Å². The van der Waals surface area contributed by atoms with Gasteiger partial charge in [-0.25, -0.2) is 24.5 Å². The van der Waals surface area contributed by atoms with Crippen LogP contribution in [0, 0.1) is 17.8 Å². The first-order chi connectivity index (χ1) is 57.4. The number of nitrogen functional groups attached to an aromatic ring is 1. The highest BCUT2D eigenvalue weighted by molar-refractivity contribution is 6.30.